The largest absolute Gasteiger partial charge is 0.479 e. The van der Waals surface area contributed by atoms with Gasteiger partial charge in [-0.1, -0.05) is 20.8 Å². The number of alkyl carbamates (subject to hydrolysis) is 1. The molecule has 0 rings (SSSR count). The molecule has 0 aromatic carbocycles. The molecule has 0 saturated carbocycles. The first-order valence-corrected chi connectivity index (χ1v) is 6.10. The molecule has 0 saturated heterocycles. The van der Waals surface area contributed by atoms with E-state index in [0.717, 1.165) is 0 Å². The van der Waals surface area contributed by atoms with Gasteiger partial charge in [0.25, 0.3) is 0 Å². The van der Waals surface area contributed by atoms with Gasteiger partial charge in [0.05, 0.1) is 0 Å². The monoisotopic (exact) mass is 259 g/mol. The van der Waals surface area contributed by atoms with E-state index in [-0.39, 0.29) is 0 Å². The summed E-state index contributed by atoms with van der Waals surface area (Å²) in [5, 5.41) is 11.9. The average Bonchev–Trinajstić information content (AvgIpc) is 2.13. The third-order valence-corrected chi connectivity index (χ3v) is 3.42. The highest BCUT2D eigenvalue weighted by Gasteiger charge is 2.48. The predicted octanol–water partition coefficient (Wildman–Crippen LogP) is 2.79. The molecule has 5 heteroatoms. The Bertz CT molecular complexity index is 330. The molecule has 0 spiro atoms. The molecule has 18 heavy (non-hydrogen) atoms. The van der Waals surface area contributed by atoms with Crippen LogP contribution in [0, 0.1) is 5.41 Å². The summed E-state index contributed by atoms with van der Waals surface area (Å²) < 4.78 is 5.11. The zero-order chi connectivity index (χ0) is 14.8. The summed E-state index contributed by atoms with van der Waals surface area (Å²) >= 11 is 0. The summed E-state index contributed by atoms with van der Waals surface area (Å²) in [6, 6.07) is 0. The van der Waals surface area contributed by atoms with Crippen LogP contribution in [0.4, 0.5) is 4.79 Å². The fourth-order valence-electron chi connectivity index (χ4n) is 1.37. The van der Waals surface area contributed by atoms with E-state index in [1.165, 1.54) is 6.92 Å². The number of hydrogen-bond donors (Lipinski definition) is 2. The molecule has 0 aromatic rings. The van der Waals surface area contributed by atoms with Crippen molar-refractivity contribution >= 4 is 12.1 Å². The molecule has 0 aliphatic carbocycles. The van der Waals surface area contributed by atoms with E-state index in [1.807, 2.05) is 6.92 Å². The molecule has 5 nitrogen and oxygen atoms in total. The first-order chi connectivity index (χ1) is 7.85. The summed E-state index contributed by atoms with van der Waals surface area (Å²) in [4.78, 5) is 23.2. The maximum atomic E-state index is 11.7. The van der Waals surface area contributed by atoms with E-state index in [9.17, 15) is 14.7 Å². The Balaban J connectivity index is 5.07. The number of carboxylic acid groups (broad SMARTS) is 1. The minimum absolute atomic E-state index is 0.588. The van der Waals surface area contributed by atoms with Crippen molar-refractivity contribution in [2.24, 2.45) is 5.41 Å². The topological polar surface area (TPSA) is 75.6 Å². The van der Waals surface area contributed by atoms with Crippen LogP contribution in [0.3, 0.4) is 0 Å². The highest BCUT2D eigenvalue weighted by molar-refractivity contribution is 5.85. The van der Waals surface area contributed by atoms with Crippen molar-refractivity contribution < 1.29 is 19.4 Å². The minimum atomic E-state index is -1.37. The van der Waals surface area contributed by atoms with Gasteiger partial charge in [-0.3, -0.25) is 0 Å². The number of amides is 1. The standard InChI is InChI=1S/C13H25NO4/c1-8-12(5,6)13(7,9(15)16)14-10(17)18-11(2,3)4/h8H2,1-7H3,(H,14,17)(H,15,16)/t13-/m1/s1. The van der Waals surface area contributed by atoms with E-state index < -0.39 is 28.6 Å². The van der Waals surface area contributed by atoms with Gasteiger partial charge in [-0.2, -0.15) is 0 Å². The molecule has 0 fully saturated rings. The highest BCUT2D eigenvalue weighted by atomic mass is 16.6. The highest BCUT2D eigenvalue weighted by Crippen LogP contribution is 2.34. The fraction of sp³-hybridized carbons (Fsp3) is 0.846. The van der Waals surface area contributed by atoms with Crippen LogP contribution in [0.5, 0.6) is 0 Å². The van der Waals surface area contributed by atoms with Crippen LogP contribution in [-0.2, 0) is 9.53 Å². The van der Waals surface area contributed by atoms with Crippen LogP contribution in [0.2, 0.25) is 0 Å². The molecule has 1 atom stereocenters. The van der Waals surface area contributed by atoms with Gasteiger partial charge in [-0.05, 0) is 39.5 Å². The van der Waals surface area contributed by atoms with Crippen molar-refractivity contribution in [2.75, 3.05) is 0 Å². The number of carbonyl (C=O) groups excluding carboxylic acids is 1. The maximum absolute atomic E-state index is 11.7. The first kappa shape index (κ1) is 16.7. The Labute approximate surface area is 109 Å². The lowest BCUT2D eigenvalue weighted by molar-refractivity contribution is -0.149. The molecule has 0 radical (unpaired) electrons. The lowest BCUT2D eigenvalue weighted by Crippen LogP contribution is -2.61. The van der Waals surface area contributed by atoms with Crippen molar-refractivity contribution in [3.8, 4) is 0 Å². The molecular weight excluding hydrogens is 234 g/mol. The predicted molar refractivity (Wildman–Crippen MR) is 69.5 cm³/mol. The third-order valence-electron chi connectivity index (χ3n) is 3.42. The Kier molecular flexibility index (Phi) is 4.80. The Morgan fingerprint density at radius 1 is 1.11 bits per heavy atom. The normalized spacial score (nSPS) is 15.7. The second kappa shape index (κ2) is 5.16. The van der Waals surface area contributed by atoms with Crippen LogP contribution in [0.15, 0.2) is 0 Å². The summed E-state index contributed by atoms with van der Waals surface area (Å²) in [7, 11) is 0. The van der Waals surface area contributed by atoms with Gasteiger partial charge in [0, 0.05) is 0 Å². The third kappa shape index (κ3) is 3.89. The van der Waals surface area contributed by atoms with Crippen molar-refractivity contribution in [3.63, 3.8) is 0 Å². The molecular formula is C13H25NO4. The lowest BCUT2D eigenvalue weighted by atomic mass is 9.71. The molecule has 1 amide bonds. The molecule has 0 bridgehead atoms. The number of nitrogens with one attached hydrogen (secondary N) is 1. The van der Waals surface area contributed by atoms with E-state index in [4.69, 9.17) is 4.74 Å². The molecule has 0 unspecified atom stereocenters. The van der Waals surface area contributed by atoms with Crippen molar-refractivity contribution in [2.45, 2.75) is 66.0 Å². The molecule has 0 aliphatic rings. The van der Waals surface area contributed by atoms with Crippen LogP contribution in [0.25, 0.3) is 0 Å². The summed E-state index contributed by atoms with van der Waals surface area (Å²) in [6.45, 7) is 12.2. The molecule has 0 aromatic heterocycles. The quantitative estimate of drug-likeness (QED) is 0.814. The Morgan fingerprint density at radius 2 is 1.56 bits per heavy atom. The van der Waals surface area contributed by atoms with E-state index >= 15 is 0 Å². The molecule has 0 heterocycles. The Hall–Kier alpha value is -1.26. The van der Waals surface area contributed by atoms with Gasteiger partial charge in [0.2, 0.25) is 0 Å². The number of aliphatic carboxylic acids is 1. The van der Waals surface area contributed by atoms with E-state index in [0.29, 0.717) is 6.42 Å². The van der Waals surface area contributed by atoms with Gasteiger partial charge in [-0.25, -0.2) is 9.59 Å². The Morgan fingerprint density at radius 3 is 1.83 bits per heavy atom. The average molecular weight is 259 g/mol. The van der Waals surface area contributed by atoms with Gasteiger partial charge in [0.1, 0.15) is 11.1 Å². The zero-order valence-corrected chi connectivity index (χ0v) is 12.4. The summed E-state index contributed by atoms with van der Waals surface area (Å²) in [5.41, 5.74) is -2.61. The molecule has 2 N–H and O–H groups in total. The number of rotatable bonds is 4. The first-order valence-electron chi connectivity index (χ1n) is 6.10. The summed E-state index contributed by atoms with van der Waals surface area (Å²) in [6.07, 6.45) is -0.0973. The van der Waals surface area contributed by atoms with Crippen LogP contribution < -0.4 is 5.32 Å². The number of carbonyl (C=O) groups is 2. The number of hydrogen-bond acceptors (Lipinski definition) is 3. The van der Waals surface area contributed by atoms with E-state index in [2.05, 4.69) is 5.32 Å². The molecule has 0 aliphatic heterocycles. The lowest BCUT2D eigenvalue weighted by Gasteiger charge is -2.40. The van der Waals surface area contributed by atoms with Crippen molar-refractivity contribution in [1.82, 2.24) is 5.32 Å². The van der Waals surface area contributed by atoms with Gasteiger partial charge < -0.3 is 15.2 Å². The van der Waals surface area contributed by atoms with Crippen LogP contribution in [-0.4, -0.2) is 28.3 Å². The maximum Gasteiger partial charge on any atom is 0.408 e. The van der Waals surface area contributed by atoms with Gasteiger partial charge >= 0.3 is 12.1 Å². The minimum Gasteiger partial charge on any atom is -0.479 e. The smallest absolute Gasteiger partial charge is 0.408 e. The second-order valence-electron chi connectivity index (χ2n) is 6.29. The van der Waals surface area contributed by atoms with Crippen LogP contribution >= 0.6 is 0 Å². The van der Waals surface area contributed by atoms with Gasteiger partial charge in [-0.15, -0.1) is 0 Å². The van der Waals surface area contributed by atoms with Gasteiger partial charge in [0.15, 0.2) is 0 Å². The summed E-state index contributed by atoms with van der Waals surface area (Å²) in [5.74, 6) is -1.07. The fourth-order valence-corrected chi connectivity index (χ4v) is 1.37. The van der Waals surface area contributed by atoms with Crippen molar-refractivity contribution in [1.29, 1.82) is 0 Å². The SMILES string of the molecule is CCC(C)(C)[C@](C)(NC(=O)OC(C)(C)C)C(=O)O. The number of carboxylic acids is 1. The van der Waals surface area contributed by atoms with Crippen molar-refractivity contribution in [3.05, 3.63) is 0 Å². The van der Waals surface area contributed by atoms with Crippen LogP contribution in [0.1, 0.15) is 54.9 Å². The zero-order valence-electron chi connectivity index (χ0n) is 12.4. The number of ether oxygens (including phenoxy) is 1. The second-order valence-corrected chi connectivity index (χ2v) is 6.29. The van der Waals surface area contributed by atoms with E-state index in [1.54, 1.807) is 34.6 Å². The molecule has 106 valence electrons.